The third kappa shape index (κ3) is 2.82. The second-order valence-electron chi connectivity index (χ2n) is 3.18. The lowest BCUT2D eigenvalue weighted by Gasteiger charge is -2.11. The van der Waals surface area contributed by atoms with Crippen LogP contribution in [-0.2, 0) is 10.1 Å². The zero-order chi connectivity index (χ0) is 13.7. The molecule has 1 heterocycles. The molecule has 0 spiro atoms. The predicted octanol–water partition coefficient (Wildman–Crippen LogP) is 2.96. The van der Waals surface area contributed by atoms with Crippen LogP contribution in [0, 0.1) is 11.3 Å². The minimum Gasteiger partial charge on any atom is -0.462 e. The van der Waals surface area contributed by atoms with Crippen LogP contribution < -0.4 is 0 Å². The van der Waals surface area contributed by atoms with Gasteiger partial charge < -0.3 is 4.74 Å². The minimum absolute atomic E-state index is 0.0400. The Kier molecular flexibility index (Phi) is 5.16. The average molecular weight is 319 g/mol. The third-order valence-electron chi connectivity index (χ3n) is 2.14. The van der Waals surface area contributed by atoms with Gasteiger partial charge in [-0.05, 0) is 6.92 Å². The zero-order valence-electron chi connectivity index (χ0n) is 9.41. The molecule has 1 aromatic rings. The molecule has 0 bridgehead atoms. The van der Waals surface area contributed by atoms with Crippen molar-refractivity contribution in [3.63, 3.8) is 0 Å². The van der Waals surface area contributed by atoms with Gasteiger partial charge in [-0.2, -0.15) is 5.26 Å². The van der Waals surface area contributed by atoms with E-state index in [0.29, 0.717) is 0 Å². The molecule has 0 aliphatic heterocycles. The largest absolute Gasteiger partial charge is 0.462 e. The van der Waals surface area contributed by atoms with Gasteiger partial charge in [0.25, 0.3) is 6.43 Å². The lowest BCUT2D eigenvalue weighted by Crippen LogP contribution is -2.13. The summed E-state index contributed by atoms with van der Waals surface area (Å²) >= 11 is 3.08. The number of aromatic nitrogens is 1. The number of nitriles is 1. The number of ether oxygens (including phenoxy) is 1. The van der Waals surface area contributed by atoms with Crippen LogP contribution in [0.5, 0.6) is 0 Å². The van der Waals surface area contributed by atoms with Crippen molar-refractivity contribution in [2.75, 3.05) is 6.61 Å². The number of nitrogens with zero attached hydrogens (tertiary/aromatic N) is 2. The molecule has 0 radical (unpaired) electrons. The molecule has 4 nitrogen and oxygen atoms in total. The molecule has 0 saturated heterocycles. The predicted molar refractivity (Wildman–Crippen MR) is 62.5 cm³/mol. The van der Waals surface area contributed by atoms with Crippen molar-refractivity contribution in [2.24, 2.45) is 0 Å². The molecule has 1 aromatic heterocycles. The maximum Gasteiger partial charge on any atom is 0.340 e. The van der Waals surface area contributed by atoms with E-state index < -0.39 is 23.5 Å². The van der Waals surface area contributed by atoms with E-state index in [9.17, 15) is 13.6 Å². The lowest BCUT2D eigenvalue weighted by molar-refractivity contribution is 0.0514. The van der Waals surface area contributed by atoms with Crippen LogP contribution in [0.15, 0.2) is 6.20 Å². The number of esters is 1. The first kappa shape index (κ1) is 14.5. The fraction of sp³-hybridized carbons (Fsp3) is 0.364. The van der Waals surface area contributed by atoms with E-state index >= 15 is 0 Å². The van der Waals surface area contributed by atoms with Crippen LogP contribution >= 0.6 is 15.9 Å². The Morgan fingerprint density at radius 2 is 2.33 bits per heavy atom. The van der Waals surface area contributed by atoms with Gasteiger partial charge in [-0.15, -0.1) is 0 Å². The van der Waals surface area contributed by atoms with E-state index in [-0.39, 0.29) is 23.2 Å². The highest BCUT2D eigenvalue weighted by Gasteiger charge is 2.26. The second-order valence-corrected chi connectivity index (χ2v) is 3.74. The first-order chi connectivity index (χ1) is 8.56. The summed E-state index contributed by atoms with van der Waals surface area (Å²) in [5.41, 5.74) is -0.943. The molecule has 0 fully saturated rings. The quantitative estimate of drug-likeness (QED) is 0.632. The summed E-state index contributed by atoms with van der Waals surface area (Å²) in [5.74, 6) is -0.936. The Balaban J connectivity index is 3.49. The fourth-order valence-corrected chi connectivity index (χ4v) is 1.80. The van der Waals surface area contributed by atoms with Crippen molar-refractivity contribution >= 4 is 21.9 Å². The van der Waals surface area contributed by atoms with Crippen molar-refractivity contribution in [3.8, 4) is 6.07 Å². The topological polar surface area (TPSA) is 63.0 Å². The van der Waals surface area contributed by atoms with Gasteiger partial charge in [-0.1, -0.05) is 15.9 Å². The van der Waals surface area contributed by atoms with Gasteiger partial charge in [0.15, 0.2) is 0 Å². The summed E-state index contributed by atoms with van der Waals surface area (Å²) in [5, 5.41) is 9.18. The highest BCUT2D eigenvalue weighted by atomic mass is 79.9. The number of alkyl halides is 3. The first-order valence-electron chi connectivity index (χ1n) is 4.99. The van der Waals surface area contributed by atoms with Crippen LogP contribution in [0.25, 0.3) is 0 Å². The van der Waals surface area contributed by atoms with Gasteiger partial charge in [-0.3, -0.25) is 4.98 Å². The Bertz CT molecular complexity index is 501. The molecule has 0 aliphatic rings. The Morgan fingerprint density at radius 3 is 2.78 bits per heavy atom. The fourth-order valence-electron chi connectivity index (χ4n) is 1.38. The molecule has 0 aromatic carbocycles. The molecule has 96 valence electrons. The second kappa shape index (κ2) is 6.40. The highest BCUT2D eigenvalue weighted by Crippen LogP contribution is 2.27. The van der Waals surface area contributed by atoms with Crippen LogP contribution in [-0.4, -0.2) is 17.6 Å². The van der Waals surface area contributed by atoms with Gasteiger partial charge >= 0.3 is 5.97 Å². The highest BCUT2D eigenvalue weighted by molar-refractivity contribution is 9.08. The Morgan fingerprint density at radius 1 is 1.67 bits per heavy atom. The normalized spacial score (nSPS) is 10.2. The van der Waals surface area contributed by atoms with Gasteiger partial charge in [0, 0.05) is 11.5 Å². The number of pyridine rings is 1. The summed E-state index contributed by atoms with van der Waals surface area (Å²) in [6, 6.07) is 1.72. The number of hydrogen-bond donors (Lipinski definition) is 0. The monoisotopic (exact) mass is 318 g/mol. The average Bonchev–Trinajstić information content (AvgIpc) is 2.36. The molecule has 1 rings (SSSR count). The van der Waals surface area contributed by atoms with Gasteiger partial charge in [-0.25, -0.2) is 13.6 Å². The van der Waals surface area contributed by atoms with Crippen LogP contribution in [0.4, 0.5) is 8.78 Å². The number of halogens is 3. The summed E-state index contributed by atoms with van der Waals surface area (Å²) < 4.78 is 30.3. The maximum atomic E-state index is 12.8. The van der Waals surface area contributed by atoms with Gasteiger partial charge in [0.1, 0.15) is 6.07 Å². The van der Waals surface area contributed by atoms with E-state index in [1.165, 1.54) is 0 Å². The van der Waals surface area contributed by atoms with Crippen molar-refractivity contribution in [1.82, 2.24) is 4.98 Å². The van der Waals surface area contributed by atoms with Crippen LogP contribution in [0.3, 0.4) is 0 Å². The smallest absolute Gasteiger partial charge is 0.340 e. The lowest BCUT2D eigenvalue weighted by atomic mass is 10.0. The summed E-state index contributed by atoms with van der Waals surface area (Å²) in [4.78, 5) is 15.4. The number of rotatable bonds is 4. The standard InChI is InChI=1S/C11H9BrF2N2O2/c1-2-18-11(17)9-6(4-15)8(3-12)16-5-7(9)10(13)14/h5,10H,2-3H2,1H3. The molecule has 0 amide bonds. The van der Waals surface area contributed by atoms with Gasteiger partial charge in [0.2, 0.25) is 0 Å². The number of carbonyl (C=O) groups is 1. The molecular weight excluding hydrogens is 310 g/mol. The Labute approximate surface area is 111 Å². The molecule has 0 saturated carbocycles. The van der Waals surface area contributed by atoms with Crippen molar-refractivity contribution in [1.29, 1.82) is 5.26 Å². The molecular formula is C11H9BrF2N2O2. The summed E-state index contributed by atoms with van der Waals surface area (Å²) in [7, 11) is 0. The molecule has 0 aliphatic carbocycles. The van der Waals surface area contributed by atoms with Gasteiger partial charge in [0.05, 0.1) is 29.0 Å². The maximum absolute atomic E-state index is 12.8. The van der Waals surface area contributed by atoms with E-state index in [0.717, 1.165) is 6.20 Å². The SMILES string of the molecule is CCOC(=O)c1c(C(F)F)cnc(CBr)c1C#N. The number of hydrogen-bond acceptors (Lipinski definition) is 4. The molecule has 0 N–H and O–H groups in total. The van der Waals surface area contributed by atoms with Crippen molar-refractivity contribution in [3.05, 3.63) is 28.6 Å². The summed E-state index contributed by atoms with van der Waals surface area (Å²) in [6.07, 6.45) is -2.00. The van der Waals surface area contributed by atoms with E-state index in [4.69, 9.17) is 10.00 Å². The number of carbonyl (C=O) groups excluding carboxylic acids is 1. The van der Waals surface area contributed by atoms with Crippen LogP contribution in [0.1, 0.15) is 40.5 Å². The van der Waals surface area contributed by atoms with Crippen molar-refractivity contribution in [2.45, 2.75) is 18.7 Å². The molecule has 0 unspecified atom stereocenters. The van der Waals surface area contributed by atoms with E-state index in [1.54, 1.807) is 13.0 Å². The zero-order valence-corrected chi connectivity index (χ0v) is 11.0. The minimum atomic E-state index is -2.90. The summed E-state index contributed by atoms with van der Waals surface area (Å²) in [6.45, 7) is 1.59. The van der Waals surface area contributed by atoms with Crippen molar-refractivity contribution < 1.29 is 18.3 Å². The molecule has 7 heteroatoms. The molecule has 18 heavy (non-hydrogen) atoms. The van der Waals surface area contributed by atoms with Crippen LogP contribution in [0.2, 0.25) is 0 Å². The molecule has 0 atom stereocenters. The van der Waals surface area contributed by atoms with E-state index in [1.807, 2.05) is 0 Å². The Hall–Kier alpha value is -1.55. The third-order valence-corrected chi connectivity index (χ3v) is 2.67. The first-order valence-corrected chi connectivity index (χ1v) is 6.12. The van der Waals surface area contributed by atoms with E-state index in [2.05, 4.69) is 20.9 Å².